The third kappa shape index (κ3) is 5.87. The quantitative estimate of drug-likeness (QED) is 0.678. The molecule has 1 saturated heterocycles. The second-order valence-electron chi connectivity index (χ2n) is 8.23. The van der Waals surface area contributed by atoms with Crippen LogP contribution in [0.2, 0.25) is 0 Å². The standard InChI is InChI=1S/C24H32N4O3/c1-2-30-20-10-8-19(9-11-20)18-24(29)28-16-14-27(15-17-28)22-12-13-23(26-25-22)31-21-6-4-3-5-7-21/h8-13,21H,2-7,14-18H2,1H3. The van der Waals surface area contributed by atoms with Crippen LogP contribution in [-0.4, -0.2) is 59.9 Å². The van der Waals surface area contributed by atoms with Crippen LogP contribution >= 0.6 is 0 Å². The molecule has 1 amide bonds. The highest BCUT2D eigenvalue weighted by Gasteiger charge is 2.22. The van der Waals surface area contributed by atoms with E-state index in [1.807, 2.05) is 48.2 Å². The van der Waals surface area contributed by atoms with Gasteiger partial charge < -0.3 is 19.3 Å². The monoisotopic (exact) mass is 424 g/mol. The van der Waals surface area contributed by atoms with Gasteiger partial charge in [-0.15, -0.1) is 10.2 Å². The van der Waals surface area contributed by atoms with E-state index in [1.54, 1.807) is 0 Å². The van der Waals surface area contributed by atoms with Crippen LogP contribution in [0.15, 0.2) is 36.4 Å². The van der Waals surface area contributed by atoms with Crippen molar-refractivity contribution in [3.8, 4) is 11.6 Å². The van der Waals surface area contributed by atoms with Crippen molar-refractivity contribution in [2.24, 2.45) is 0 Å². The minimum atomic E-state index is 0.158. The summed E-state index contributed by atoms with van der Waals surface area (Å²) in [6.45, 7) is 5.50. The lowest BCUT2D eigenvalue weighted by molar-refractivity contribution is -0.130. The highest BCUT2D eigenvalue weighted by Crippen LogP contribution is 2.23. The van der Waals surface area contributed by atoms with Gasteiger partial charge in [0, 0.05) is 32.2 Å². The summed E-state index contributed by atoms with van der Waals surface area (Å²) < 4.78 is 11.4. The number of anilines is 1. The first-order chi connectivity index (χ1) is 15.2. The van der Waals surface area contributed by atoms with E-state index in [0.717, 1.165) is 43.1 Å². The van der Waals surface area contributed by atoms with E-state index >= 15 is 0 Å². The van der Waals surface area contributed by atoms with Gasteiger partial charge in [0.1, 0.15) is 11.9 Å². The molecular weight excluding hydrogens is 392 g/mol. The highest BCUT2D eigenvalue weighted by atomic mass is 16.5. The Balaban J connectivity index is 1.24. The van der Waals surface area contributed by atoms with Gasteiger partial charge in [0.25, 0.3) is 0 Å². The molecule has 0 bridgehead atoms. The zero-order valence-corrected chi connectivity index (χ0v) is 18.3. The SMILES string of the molecule is CCOc1ccc(CC(=O)N2CCN(c3ccc(OC4CCCCC4)nn3)CC2)cc1. The topological polar surface area (TPSA) is 67.8 Å². The first-order valence-electron chi connectivity index (χ1n) is 11.5. The molecule has 0 atom stereocenters. The van der Waals surface area contributed by atoms with Crippen LogP contribution in [0.1, 0.15) is 44.6 Å². The zero-order valence-electron chi connectivity index (χ0n) is 18.3. The maximum Gasteiger partial charge on any atom is 0.233 e. The Morgan fingerprint density at radius 3 is 2.35 bits per heavy atom. The fourth-order valence-corrected chi connectivity index (χ4v) is 4.24. The number of benzene rings is 1. The summed E-state index contributed by atoms with van der Waals surface area (Å²) in [6.07, 6.45) is 6.68. The lowest BCUT2D eigenvalue weighted by atomic mass is 9.98. The zero-order chi connectivity index (χ0) is 21.5. The largest absolute Gasteiger partial charge is 0.494 e. The van der Waals surface area contributed by atoms with Gasteiger partial charge in [-0.25, -0.2) is 0 Å². The molecule has 2 fully saturated rings. The molecule has 1 saturated carbocycles. The van der Waals surface area contributed by atoms with Gasteiger partial charge in [-0.3, -0.25) is 4.79 Å². The van der Waals surface area contributed by atoms with Crippen molar-refractivity contribution in [2.45, 2.75) is 51.6 Å². The molecule has 2 aliphatic rings. The Hall–Kier alpha value is -2.83. The molecule has 2 aromatic rings. The second-order valence-corrected chi connectivity index (χ2v) is 8.23. The fourth-order valence-electron chi connectivity index (χ4n) is 4.24. The Morgan fingerprint density at radius 1 is 0.968 bits per heavy atom. The van der Waals surface area contributed by atoms with Crippen LogP contribution < -0.4 is 14.4 Å². The number of nitrogens with zero attached hydrogens (tertiary/aromatic N) is 4. The van der Waals surface area contributed by atoms with Gasteiger partial charge in [-0.2, -0.15) is 0 Å². The molecule has 0 unspecified atom stereocenters. The van der Waals surface area contributed by atoms with Crippen molar-refractivity contribution in [1.82, 2.24) is 15.1 Å². The smallest absolute Gasteiger partial charge is 0.233 e. The number of hydrogen-bond donors (Lipinski definition) is 0. The lowest BCUT2D eigenvalue weighted by Gasteiger charge is -2.35. The molecule has 7 nitrogen and oxygen atoms in total. The van der Waals surface area contributed by atoms with Crippen molar-refractivity contribution in [3.63, 3.8) is 0 Å². The fraction of sp³-hybridized carbons (Fsp3) is 0.542. The molecule has 1 aromatic heterocycles. The summed E-state index contributed by atoms with van der Waals surface area (Å²) >= 11 is 0. The van der Waals surface area contributed by atoms with Gasteiger partial charge in [-0.05, 0) is 56.4 Å². The van der Waals surface area contributed by atoms with E-state index in [1.165, 1.54) is 19.3 Å². The first kappa shape index (κ1) is 21.4. The lowest BCUT2D eigenvalue weighted by Crippen LogP contribution is -2.49. The van der Waals surface area contributed by atoms with E-state index < -0.39 is 0 Å². The number of ether oxygens (including phenoxy) is 2. The first-order valence-corrected chi connectivity index (χ1v) is 11.5. The van der Waals surface area contributed by atoms with Crippen LogP contribution in [0.3, 0.4) is 0 Å². The summed E-state index contributed by atoms with van der Waals surface area (Å²) in [7, 11) is 0. The molecule has 4 rings (SSSR count). The normalized spacial score (nSPS) is 17.5. The Kier molecular flexibility index (Phi) is 7.22. The molecule has 31 heavy (non-hydrogen) atoms. The van der Waals surface area contributed by atoms with Crippen LogP contribution in [0.25, 0.3) is 0 Å². The van der Waals surface area contributed by atoms with Crippen molar-refractivity contribution < 1.29 is 14.3 Å². The Labute approximate surface area is 184 Å². The highest BCUT2D eigenvalue weighted by molar-refractivity contribution is 5.79. The number of carbonyl (C=O) groups excluding carboxylic acids is 1. The van der Waals surface area contributed by atoms with Crippen LogP contribution in [0.4, 0.5) is 5.82 Å². The summed E-state index contributed by atoms with van der Waals surface area (Å²) in [5.41, 5.74) is 1.01. The average molecular weight is 425 g/mol. The predicted molar refractivity (Wildman–Crippen MR) is 120 cm³/mol. The molecule has 0 radical (unpaired) electrons. The number of piperazine rings is 1. The van der Waals surface area contributed by atoms with Gasteiger partial charge in [0.2, 0.25) is 11.8 Å². The van der Waals surface area contributed by atoms with E-state index in [2.05, 4.69) is 15.1 Å². The number of amides is 1. The number of carbonyl (C=O) groups is 1. The van der Waals surface area contributed by atoms with E-state index in [4.69, 9.17) is 9.47 Å². The average Bonchev–Trinajstić information content (AvgIpc) is 2.82. The summed E-state index contributed by atoms with van der Waals surface area (Å²) in [5, 5.41) is 8.64. The minimum absolute atomic E-state index is 0.158. The maximum atomic E-state index is 12.7. The number of aromatic nitrogens is 2. The van der Waals surface area contributed by atoms with Gasteiger partial charge >= 0.3 is 0 Å². The molecule has 0 spiro atoms. The predicted octanol–water partition coefficient (Wildman–Crippen LogP) is 3.48. The van der Waals surface area contributed by atoms with Crippen molar-refractivity contribution >= 4 is 11.7 Å². The molecule has 2 heterocycles. The molecule has 1 aliphatic heterocycles. The van der Waals surface area contributed by atoms with Gasteiger partial charge in [0.15, 0.2) is 5.82 Å². The van der Waals surface area contributed by atoms with Gasteiger partial charge in [0.05, 0.1) is 13.0 Å². The molecule has 1 aromatic carbocycles. The molecular formula is C24H32N4O3. The molecule has 166 valence electrons. The maximum absolute atomic E-state index is 12.7. The van der Waals surface area contributed by atoms with Gasteiger partial charge in [-0.1, -0.05) is 18.6 Å². The number of hydrogen-bond acceptors (Lipinski definition) is 6. The van der Waals surface area contributed by atoms with E-state index in [9.17, 15) is 4.79 Å². The van der Waals surface area contributed by atoms with Crippen LogP contribution in [0.5, 0.6) is 11.6 Å². The van der Waals surface area contributed by atoms with Crippen LogP contribution in [-0.2, 0) is 11.2 Å². The summed E-state index contributed by atoms with van der Waals surface area (Å²) in [6, 6.07) is 11.7. The third-order valence-corrected chi connectivity index (χ3v) is 6.01. The Morgan fingerprint density at radius 2 is 1.71 bits per heavy atom. The molecule has 0 N–H and O–H groups in total. The second kappa shape index (κ2) is 10.5. The van der Waals surface area contributed by atoms with Crippen molar-refractivity contribution in [1.29, 1.82) is 0 Å². The Bertz CT molecular complexity index is 827. The number of rotatable bonds is 7. The molecule has 7 heteroatoms. The van der Waals surface area contributed by atoms with Crippen molar-refractivity contribution in [2.75, 3.05) is 37.7 Å². The summed E-state index contributed by atoms with van der Waals surface area (Å²) in [4.78, 5) is 16.8. The minimum Gasteiger partial charge on any atom is -0.494 e. The van der Waals surface area contributed by atoms with Crippen molar-refractivity contribution in [3.05, 3.63) is 42.0 Å². The molecule has 1 aliphatic carbocycles. The van der Waals surface area contributed by atoms with E-state index in [0.29, 0.717) is 32.0 Å². The van der Waals surface area contributed by atoms with E-state index in [-0.39, 0.29) is 12.0 Å². The summed E-state index contributed by atoms with van der Waals surface area (Å²) in [5.74, 6) is 2.45. The van der Waals surface area contributed by atoms with Crippen LogP contribution in [0, 0.1) is 0 Å². The third-order valence-electron chi connectivity index (χ3n) is 6.01.